The van der Waals surface area contributed by atoms with Gasteiger partial charge in [0.25, 0.3) is 0 Å². The van der Waals surface area contributed by atoms with Crippen molar-refractivity contribution in [3.8, 4) is 5.88 Å². The van der Waals surface area contributed by atoms with Gasteiger partial charge < -0.3 is 15.8 Å². The minimum absolute atomic E-state index is 0.129. The summed E-state index contributed by atoms with van der Waals surface area (Å²) in [5.74, 6) is -0.000908. The van der Waals surface area contributed by atoms with Crippen LogP contribution < -0.4 is 15.8 Å². The topological polar surface area (TPSA) is 77.2 Å². The monoisotopic (exact) mass is 221 g/mol. The predicted octanol–water partition coefficient (Wildman–Crippen LogP) is 0.311. The van der Waals surface area contributed by atoms with Crippen LogP contribution in [0.3, 0.4) is 0 Å². The zero-order valence-corrected chi connectivity index (χ0v) is 8.98. The Bertz CT molecular complexity index is 375. The number of carbonyl (C=O) groups is 1. The van der Waals surface area contributed by atoms with Gasteiger partial charge in [-0.3, -0.25) is 4.79 Å². The smallest absolute Gasteiger partial charge is 0.248 e. The van der Waals surface area contributed by atoms with Gasteiger partial charge in [-0.25, -0.2) is 4.98 Å². The summed E-state index contributed by atoms with van der Waals surface area (Å²) in [6, 6.07) is 3.16. The first-order valence-electron chi connectivity index (χ1n) is 5.39. The number of amides is 1. The largest absolute Gasteiger partial charge is 0.473 e. The standard InChI is InChI=1S/C11H15N3O2/c12-11(15)8-3-5-14-10(6-8)16-9-2-1-4-13-7-9/h3,5-6,9,13H,1-2,4,7H2,(H2,12,15)/t9-/m0/s1. The molecule has 5 heteroatoms. The number of rotatable bonds is 3. The Morgan fingerprint density at radius 1 is 1.62 bits per heavy atom. The molecule has 0 spiro atoms. The van der Waals surface area contributed by atoms with Crippen molar-refractivity contribution < 1.29 is 9.53 Å². The number of nitrogens with two attached hydrogens (primary N) is 1. The number of hydrogen-bond acceptors (Lipinski definition) is 4. The van der Waals surface area contributed by atoms with E-state index in [0.29, 0.717) is 11.4 Å². The molecule has 0 unspecified atom stereocenters. The maximum absolute atomic E-state index is 11.0. The summed E-state index contributed by atoms with van der Waals surface area (Å²) in [7, 11) is 0. The molecule has 86 valence electrons. The Kier molecular flexibility index (Phi) is 3.36. The molecule has 1 amide bonds. The van der Waals surface area contributed by atoms with Crippen LogP contribution >= 0.6 is 0 Å². The quantitative estimate of drug-likeness (QED) is 0.770. The van der Waals surface area contributed by atoms with E-state index < -0.39 is 5.91 Å². The first kappa shape index (κ1) is 10.9. The lowest BCUT2D eigenvalue weighted by molar-refractivity contribution is 0.0998. The van der Waals surface area contributed by atoms with E-state index in [9.17, 15) is 4.79 Å². The Morgan fingerprint density at radius 2 is 2.50 bits per heavy atom. The van der Waals surface area contributed by atoms with Crippen molar-refractivity contribution in [3.05, 3.63) is 23.9 Å². The first-order valence-corrected chi connectivity index (χ1v) is 5.39. The fourth-order valence-electron chi connectivity index (χ4n) is 1.72. The third-order valence-corrected chi connectivity index (χ3v) is 2.56. The van der Waals surface area contributed by atoms with E-state index in [1.807, 2.05) is 0 Å². The number of ether oxygens (including phenoxy) is 1. The Balaban J connectivity index is 2.02. The Labute approximate surface area is 94.0 Å². The van der Waals surface area contributed by atoms with Gasteiger partial charge in [0.15, 0.2) is 0 Å². The van der Waals surface area contributed by atoms with E-state index in [2.05, 4.69) is 10.3 Å². The van der Waals surface area contributed by atoms with Gasteiger partial charge in [0.2, 0.25) is 11.8 Å². The number of nitrogens with one attached hydrogen (secondary N) is 1. The third kappa shape index (κ3) is 2.70. The van der Waals surface area contributed by atoms with Gasteiger partial charge in [-0.05, 0) is 25.5 Å². The second-order valence-corrected chi connectivity index (χ2v) is 3.83. The molecular weight excluding hydrogens is 206 g/mol. The zero-order chi connectivity index (χ0) is 11.4. The predicted molar refractivity (Wildman–Crippen MR) is 59.3 cm³/mol. The average molecular weight is 221 g/mol. The summed E-state index contributed by atoms with van der Waals surface area (Å²) in [6.45, 7) is 1.86. The number of carbonyl (C=O) groups excluding carboxylic acids is 1. The second kappa shape index (κ2) is 4.94. The highest BCUT2D eigenvalue weighted by molar-refractivity contribution is 5.92. The summed E-state index contributed by atoms with van der Waals surface area (Å²) < 4.78 is 5.66. The number of aromatic nitrogens is 1. The van der Waals surface area contributed by atoms with Crippen LogP contribution in [0.1, 0.15) is 23.2 Å². The van der Waals surface area contributed by atoms with Crippen LogP contribution in [0.2, 0.25) is 0 Å². The summed E-state index contributed by atoms with van der Waals surface area (Å²) >= 11 is 0. The molecule has 1 aliphatic rings. The lowest BCUT2D eigenvalue weighted by Crippen LogP contribution is -2.37. The summed E-state index contributed by atoms with van der Waals surface area (Å²) in [6.07, 6.45) is 3.77. The molecule has 16 heavy (non-hydrogen) atoms. The SMILES string of the molecule is NC(=O)c1ccnc(O[C@H]2CCCNC2)c1. The van der Waals surface area contributed by atoms with Crippen LogP contribution in [-0.4, -0.2) is 30.1 Å². The van der Waals surface area contributed by atoms with E-state index in [4.69, 9.17) is 10.5 Å². The fraction of sp³-hybridized carbons (Fsp3) is 0.455. The van der Waals surface area contributed by atoms with Crippen LogP contribution in [0.4, 0.5) is 0 Å². The van der Waals surface area contributed by atoms with E-state index in [0.717, 1.165) is 25.9 Å². The van der Waals surface area contributed by atoms with Gasteiger partial charge in [-0.1, -0.05) is 0 Å². The van der Waals surface area contributed by atoms with Crippen molar-refractivity contribution in [2.45, 2.75) is 18.9 Å². The van der Waals surface area contributed by atoms with Gasteiger partial charge in [0.05, 0.1) is 0 Å². The van der Waals surface area contributed by atoms with Crippen molar-refractivity contribution in [2.24, 2.45) is 5.73 Å². The minimum Gasteiger partial charge on any atom is -0.473 e. The molecule has 2 rings (SSSR count). The Hall–Kier alpha value is -1.62. The molecule has 0 aromatic carbocycles. The van der Waals surface area contributed by atoms with Crippen molar-refractivity contribution in [1.82, 2.24) is 10.3 Å². The van der Waals surface area contributed by atoms with E-state index in [1.165, 1.54) is 6.20 Å². The van der Waals surface area contributed by atoms with E-state index in [1.54, 1.807) is 12.1 Å². The highest BCUT2D eigenvalue weighted by atomic mass is 16.5. The molecule has 0 saturated carbocycles. The van der Waals surface area contributed by atoms with Gasteiger partial charge >= 0.3 is 0 Å². The van der Waals surface area contributed by atoms with E-state index in [-0.39, 0.29) is 6.10 Å². The molecule has 3 N–H and O–H groups in total. The first-order chi connectivity index (χ1) is 7.75. The molecular formula is C11H15N3O2. The maximum atomic E-state index is 11.0. The van der Waals surface area contributed by atoms with Crippen molar-refractivity contribution in [2.75, 3.05) is 13.1 Å². The highest BCUT2D eigenvalue weighted by Crippen LogP contribution is 2.14. The van der Waals surface area contributed by atoms with Gasteiger partial charge in [0, 0.05) is 24.4 Å². The Morgan fingerprint density at radius 3 is 3.19 bits per heavy atom. The normalized spacial score (nSPS) is 20.4. The average Bonchev–Trinajstić information content (AvgIpc) is 2.30. The zero-order valence-electron chi connectivity index (χ0n) is 8.98. The van der Waals surface area contributed by atoms with Gasteiger partial charge in [-0.2, -0.15) is 0 Å². The number of piperidine rings is 1. The van der Waals surface area contributed by atoms with Crippen LogP contribution in [0.5, 0.6) is 5.88 Å². The van der Waals surface area contributed by atoms with Gasteiger partial charge in [0.1, 0.15) is 6.10 Å². The molecule has 1 fully saturated rings. The molecule has 1 aromatic heterocycles. The highest BCUT2D eigenvalue weighted by Gasteiger charge is 2.15. The molecule has 0 aliphatic carbocycles. The molecule has 1 aliphatic heterocycles. The lowest BCUT2D eigenvalue weighted by atomic mass is 10.1. The fourth-order valence-corrected chi connectivity index (χ4v) is 1.72. The number of primary amides is 1. The number of nitrogens with zero attached hydrogens (tertiary/aromatic N) is 1. The number of hydrogen-bond donors (Lipinski definition) is 2. The summed E-state index contributed by atoms with van der Waals surface area (Å²) in [4.78, 5) is 15.0. The summed E-state index contributed by atoms with van der Waals surface area (Å²) in [5.41, 5.74) is 5.61. The minimum atomic E-state index is -0.464. The van der Waals surface area contributed by atoms with Crippen molar-refractivity contribution in [1.29, 1.82) is 0 Å². The summed E-state index contributed by atoms with van der Waals surface area (Å²) in [5, 5.41) is 3.25. The third-order valence-electron chi connectivity index (χ3n) is 2.56. The molecule has 5 nitrogen and oxygen atoms in total. The number of pyridine rings is 1. The molecule has 1 atom stereocenters. The lowest BCUT2D eigenvalue weighted by Gasteiger charge is -2.23. The van der Waals surface area contributed by atoms with Crippen LogP contribution in [0.25, 0.3) is 0 Å². The van der Waals surface area contributed by atoms with Crippen LogP contribution in [-0.2, 0) is 0 Å². The van der Waals surface area contributed by atoms with Crippen LogP contribution in [0, 0.1) is 0 Å². The molecule has 0 bridgehead atoms. The van der Waals surface area contributed by atoms with Crippen molar-refractivity contribution in [3.63, 3.8) is 0 Å². The molecule has 1 aromatic rings. The molecule has 0 radical (unpaired) electrons. The maximum Gasteiger partial charge on any atom is 0.248 e. The van der Waals surface area contributed by atoms with E-state index >= 15 is 0 Å². The van der Waals surface area contributed by atoms with Crippen LogP contribution in [0.15, 0.2) is 18.3 Å². The van der Waals surface area contributed by atoms with Crippen molar-refractivity contribution >= 4 is 5.91 Å². The van der Waals surface area contributed by atoms with Gasteiger partial charge in [-0.15, -0.1) is 0 Å². The second-order valence-electron chi connectivity index (χ2n) is 3.83. The molecule has 2 heterocycles. The molecule has 1 saturated heterocycles.